The van der Waals surface area contributed by atoms with Crippen LogP contribution in [0, 0.1) is 6.92 Å². The normalized spacial score (nSPS) is 24.0. The molecule has 2 heterocycles. The SMILES string of the molecule is Cc1ccccc1N1CCC(N[C@H]2CCCNC2=O)CC1. The zero-order valence-corrected chi connectivity index (χ0v) is 12.8. The van der Waals surface area contributed by atoms with Gasteiger partial charge in [-0.15, -0.1) is 0 Å². The van der Waals surface area contributed by atoms with Crippen LogP contribution < -0.4 is 15.5 Å². The number of anilines is 1. The predicted molar refractivity (Wildman–Crippen MR) is 85.6 cm³/mol. The second-order valence-electron chi connectivity index (χ2n) is 6.20. The van der Waals surface area contributed by atoms with E-state index < -0.39 is 0 Å². The summed E-state index contributed by atoms with van der Waals surface area (Å²) < 4.78 is 0. The monoisotopic (exact) mass is 287 g/mol. The molecule has 0 radical (unpaired) electrons. The van der Waals surface area contributed by atoms with Crippen LogP contribution in [0.1, 0.15) is 31.2 Å². The maximum atomic E-state index is 11.8. The molecule has 1 atom stereocenters. The van der Waals surface area contributed by atoms with Crippen molar-refractivity contribution in [2.45, 2.75) is 44.7 Å². The lowest BCUT2D eigenvalue weighted by Crippen LogP contribution is -2.54. The molecule has 114 valence electrons. The van der Waals surface area contributed by atoms with E-state index in [-0.39, 0.29) is 11.9 Å². The van der Waals surface area contributed by atoms with E-state index in [4.69, 9.17) is 0 Å². The molecule has 0 spiro atoms. The molecule has 3 rings (SSSR count). The summed E-state index contributed by atoms with van der Waals surface area (Å²) >= 11 is 0. The first-order valence-electron chi connectivity index (χ1n) is 8.08. The average molecular weight is 287 g/mol. The number of nitrogens with zero attached hydrogens (tertiary/aromatic N) is 1. The molecule has 1 aromatic carbocycles. The van der Waals surface area contributed by atoms with E-state index in [1.165, 1.54) is 11.3 Å². The van der Waals surface area contributed by atoms with Crippen molar-refractivity contribution < 1.29 is 4.79 Å². The fourth-order valence-corrected chi connectivity index (χ4v) is 3.42. The molecule has 0 aliphatic carbocycles. The molecule has 4 nitrogen and oxygen atoms in total. The lowest BCUT2D eigenvalue weighted by molar-refractivity contribution is -0.124. The van der Waals surface area contributed by atoms with Crippen molar-refractivity contribution in [2.75, 3.05) is 24.5 Å². The minimum absolute atomic E-state index is 0.0220. The van der Waals surface area contributed by atoms with Gasteiger partial charge in [0.25, 0.3) is 0 Å². The van der Waals surface area contributed by atoms with E-state index in [1.54, 1.807) is 0 Å². The van der Waals surface area contributed by atoms with E-state index in [0.717, 1.165) is 45.3 Å². The van der Waals surface area contributed by atoms with Crippen LogP contribution in [0.2, 0.25) is 0 Å². The fourth-order valence-electron chi connectivity index (χ4n) is 3.42. The van der Waals surface area contributed by atoms with Crippen molar-refractivity contribution in [1.29, 1.82) is 0 Å². The van der Waals surface area contributed by atoms with Crippen LogP contribution in [-0.2, 0) is 4.79 Å². The molecule has 0 unspecified atom stereocenters. The zero-order chi connectivity index (χ0) is 14.7. The fraction of sp³-hybridized carbons (Fsp3) is 0.588. The van der Waals surface area contributed by atoms with Gasteiger partial charge in [0.15, 0.2) is 0 Å². The Labute approximate surface area is 126 Å². The Morgan fingerprint density at radius 1 is 1.19 bits per heavy atom. The van der Waals surface area contributed by atoms with Crippen molar-refractivity contribution in [2.24, 2.45) is 0 Å². The number of amides is 1. The molecular weight excluding hydrogens is 262 g/mol. The van der Waals surface area contributed by atoms with Crippen molar-refractivity contribution in [3.63, 3.8) is 0 Å². The molecule has 2 aliphatic rings. The van der Waals surface area contributed by atoms with E-state index in [2.05, 4.69) is 46.7 Å². The van der Waals surface area contributed by atoms with Gasteiger partial charge in [-0.2, -0.15) is 0 Å². The third-order valence-corrected chi connectivity index (χ3v) is 4.67. The van der Waals surface area contributed by atoms with Gasteiger partial charge in [-0.25, -0.2) is 0 Å². The van der Waals surface area contributed by atoms with Gasteiger partial charge in [-0.1, -0.05) is 18.2 Å². The zero-order valence-electron chi connectivity index (χ0n) is 12.8. The van der Waals surface area contributed by atoms with E-state index >= 15 is 0 Å². The van der Waals surface area contributed by atoms with Gasteiger partial charge >= 0.3 is 0 Å². The number of piperidine rings is 2. The number of hydrogen-bond donors (Lipinski definition) is 2. The molecule has 2 N–H and O–H groups in total. The summed E-state index contributed by atoms with van der Waals surface area (Å²) in [5, 5.41) is 6.51. The van der Waals surface area contributed by atoms with Crippen LogP contribution in [0.5, 0.6) is 0 Å². The van der Waals surface area contributed by atoms with Crippen LogP contribution in [-0.4, -0.2) is 37.6 Å². The van der Waals surface area contributed by atoms with Crippen molar-refractivity contribution in [3.8, 4) is 0 Å². The van der Waals surface area contributed by atoms with Gasteiger partial charge in [-0.3, -0.25) is 4.79 Å². The van der Waals surface area contributed by atoms with Crippen molar-refractivity contribution in [3.05, 3.63) is 29.8 Å². The number of carbonyl (C=O) groups excluding carboxylic acids is 1. The molecular formula is C17H25N3O. The van der Waals surface area contributed by atoms with E-state index in [9.17, 15) is 4.79 Å². The molecule has 2 fully saturated rings. The van der Waals surface area contributed by atoms with Crippen LogP contribution in [0.3, 0.4) is 0 Å². The number of nitrogens with one attached hydrogen (secondary N) is 2. The third kappa shape index (κ3) is 3.38. The van der Waals surface area contributed by atoms with Crippen LogP contribution in [0.25, 0.3) is 0 Å². The van der Waals surface area contributed by atoms with Gasteiger partial charge < -0.3 is 15.5 Å². The minimum Gasteiger partial charge on any atom is -0.371 e. The number of rotatable bonds is 3. The van der Waals surface area contributed by atoms with Crippen LogP contribution in [0.4, 0.5) is 5.69 Å². The Morgan fingerprint density at radius 3 is 2.67 bits per heavy atom. The Kier molecular flexibility index (Phi) is 4.44. The predicted octanol–water partition coefficient (Wildman–Crippen LogP) is 1.83. The Morgan fingerprint density at radius 2 is 1.95 bits per heavy atom. The highest BCUT2D eigenvalue weighted by atomic mass is 16.2. The first kappa shape index (κ1) is 14.4. The summed E-state index contributed by atoms with van der Waals surface area (Å²) in [6.45, 7) is 5.14. The highest BCUT2D eigenvalue weighted by molar-refractivity contribution is 5.82. The Bertz CT molecular complexity index is 495. The summed E-state index contributed by atoms with van der Waals surface area (Å²) in [5.41, 5.74) is 2.70. The van der Waals surface area contributed by atoms with Crippen molar-refractivity contribution in [1.82, 2.24) is 10.6 Å². The minimum atomic E-state index is 0.0220. The largest absolute Gasteiger partial charge is 0.371 e. The Balaban J connectivity index is 1.53. The molecule has 21 heavy (non-hydrogen) atoms. The number of para-hydroxylation sites is 1. The van der Waals surface area contributed by atoms with Gasteiger partial charge in [0, 0.05) is 31.4 Å². The average Bonchev–Trinajstić information content (AvgIpc) is 2.51. The summed E-state index contributed by atoms with van der Waals surface area (Å²) in [4.78, 5) is 14.3. The summed E-state index contributed by atoms with van der Waals surface area (Å²) in [6, 6.07) is 9.07. The van der Waals surface area contributed by atoms with E-state index in [1.807, 2.05) is 0 Å². The first-order chi connectivity index (χ1) is 10.2. The summed E-state index contributed by atoms with van der Waals surface area (Å²) in [5.74, 6) is 0.183. The second kappa shape index (κ2) is 6.48. The highest BCUT2D eigenvalue weighted by Gasteiger charge is 2.27. The number of carbonyl (C=O) groups is 1. The summed E-state index contributed by atoms with van der Waals surface area (Å²) in [7, 11) is 0. The lowest BCUT2D eigenvalue weighted by Gasteiger charge is -2.37. The molecule has 4 heteroatoms. The molecule has 0 aromatic heterocycles. The van der Waals surface area contributed by atoms with Gasteiger partial charge in [0.1, 0.15) is 0 Å². The van der Waals surface area contributed by atoms with Gasteiger partial charge in [0.2, 0.25) is 5.91 Å². The Hall–Kier alpha value is -1.55. The van der Waals surface area contributed by atoms with Crippen LogP contribution >= 0.6 is 0 Å². The second-order valence-corrected chi connectivity index (χ2v) is 6.20. The third-order valence-electron chi connectivity index (χ3n) is 4.67. The first-order valence-corrected chi connectivity index (χ1v) is 8.08. The smallest absolute Gasteiger partial charge is 0.237 e. The van der Waals surface area contributed by atoms with Crippen molar-refractivity contribution >= 4 is 11.6 Å². The maximum absolute atomic E-state index is 11.8. The number of aryl methyl sites for hydroxylation is 1. The molecule has 2 aliphatic heterocycles. The van der Waals surface area contributed by atoms with Gasteiger partial charge in [0.05, 0.1) is 6.04 Å². The molecule has 0 bridgehead atoms. The molecule has 1 amide bonds. The quantitative estimate of drug-likeness (QED) is 0.891. The molecule has 1 aromatic rings. The van der Waals surface area contributed by atoms with E-state index in [0.29, 0.717) is 6.04 Å². The maximum Gasteiger partial charge on any atom is 0.237 e. The number of benzene rings is 1. The topological polar surface area (TPSA) is 44.4 Å². The summed E-state index contributed by atoms with van der Waals surface area (Å²) in [6.07, 6.45) is 4.28. The standard InChI is InChI=1S/C17H25N3O/c1-13-5-2-3-7-16(13)20-11-8-14(9-12-20)19-15-6-4-10-18-17(15)21/h2-3,5,7,14-15,19H,4,6,8-12H2,1H3,(H,18,21)/t15-/m0/s1. The van der Waals surface area contributed by atoms with Crippen LogP contribution in [0.15, 0.2) is 24.3 Å². The lowest BCUT2D eigenvalue weighted by atomic mass is 9.99. The highest BCUT2D eigenvalue weighted by Crippen LogP contribution is 2.23. The molecule has 0 saturated carbocycles. The molecule has 2 saturated heterocycles. The number of hydrogen-bond acceptors (Lipinski definition) is 3. The van der Waals surface area contributed by atoms with Gasteiger partial charge in [-0.05, 0) is 44.2 Å².